The van der Waals surface area contributed by atoms with Crippen LogP contribution in [0, 0.1) is 51.8 Å². The van der Waals surface area contributed by atoms with Gasteiger partial charge in [0.2, 0.25) is 0 Å². The van der Waals surface area contributed by atoms with Gasteiger partial charge in [-0.1, -0.05) is 20.8 Å². The molecule has 1 saturated heterocycles. The van der Waals surface area contributed by atoms with Gasteiger partial charge >= 0.3 is 0 Å². The lowest BCUT2D eigenvalue weighted by Crippen LogP contribution is -2.53. The molecule has 4 aliphatic carbocycles. The second-order valence-corrected chi connectivity index (χ2v) is 11.1. The highest BCUT2D eigenvalue weighted by molar-refractivity contribution is 5.92. The van der Waals surface area contributed by atoms with Crippen LogP contribution in [0.25, 0.3) is 0 Å². The molecule has 0 aromatic carbocycles. The summed E-state index contributed by atoms with van der Waals surface area (Å²) < 4.78 is 6.30. The quantitative estimate of drug-likeness (QED) is 0.480. The topological polar surface area (TPSA) is 53.4 Å². The second-order valence-electron chi connectivity index (χ2n) is 11.1. The number of carbonyl (C=O) groups excluding carboxylic acids is 1. The summed E-state index contributed by atoms with van der Waals surface area (Å²) in [5.74, 6) is 4.00. The maximum Gasteiger partial charge on any atom is 0.155 e. The van der Waals surface area contributed by atoms with Crippen LogP contribution in [0.5, 0.6) is 0 Å². The lowest BCUT2D eigenvalue weighted by atomic mass is 9.46. The number of epoxide rings is 1. The maximum absolute atomic E-state index is 12.1. The van der Waals surface area contributed by atoms with Crippen LogP contribution >= 0.6 is 0 Å². The van der Waals surface area contributed by atoms with Gasteiger partial charge in [-0.05, 0) is 97.0 Å². The van der Waals surface area contributed by atoms with Crippen molar-refractivity contribution < 1.29 is 9.53 Å². The normalized spacial score (nSPS) is 49.8. The Morgan fingerprint density at radius 2 is 2.07 bits per heavy atom. The summed E-state index contributed by atoms with van der Waals surface area (Å²) in [7, 11) is 0. The van der Waals surface area contributed by atoms with Gasteiger partial charge < -0.3 is 4.74 Å². The average molecular weight is 382 g/mol. The summed E-state index contributed by atoms with van der Waals surface area (Å²) in [4.78, 5) is 12.1. The standard InChI is InChI=1S/C25H35NO2/c1-15(6-4-5-13-26)17-7-8-18-21-19(10-12-24(17,18)2)25(3)11-9-16(27)14-20(25)22-23(21)28-22/h14-15,17-19,21-23H,4-12H2,1-3H3/t15-,17-,18+,19+,21+,22-,23+,24-,25-/m1/s1. The number of ketones is 1. The van der Waals surface area contributed by atoms with Crippen LogP contribution in [0.15, 0.2) is 11.6 Å². The smallest absolute Gasteiger partial charge is 0.155 e. The maximum atomic E-state index is 12.1. The monoisotopic (exact) mass is 381 g/mol. The van der Waals surface area contributed by atoms with Crippen molar-refractivity contribution in [1.29, 1.82) is 5.26 Å². The SMILES string of the molecule is C[C@H](CCCC#N)[C@H]1CC[C@H]2[C@@H]3[C@@H]4O[C@@H]4C4=CC(=O)CC[C@]4(C)[C@H]3CC[C@]12C. The molecule has 3 saturated carbocycles. The van der Waals surface area contributed by atoms with Gasteiger partial charge in [0.15, 0.2) is 5.78 Å². The van der Waals surface area contributed by atoms with Crippen LogP contribution in [-0.4, -0.2) is 18.0 Å². The number of fused-ring (bicyclic) bond motifs is 8. The van der Waals surface area contributed by atoms with E-state index in [1.807, 2.05) is 6.08 Å². The molecule has 9 atom stereocenters. The molecule has 1 aliphatic heterocycles. The summed E-state index contributed by atoms with van der Waals surface area (Å²) in [5.41, 5.74) is 1.97. The molecule has 5 rings (SSSR count). The molecule has 0 spiro atoms. The van der Waals surface area contributed by atoms with E-state index in [4.69, 9.17) is 10.00 Å². The average Bonchev–Trinajstić information content (AvgIpc) is 3.37. The molecule has 28 heavy (non-hydrogen) atoms. The first-order chi connectivity index (χ1) is 13.4. The molecule has 1 heterocycles. The Morgan fingerprint density at radius 1 is 1.25 bits per heavy atom. The van der Waals surface area contributed by atoms with Crippen molar-refractivity contribution in [1.82, 2.24) is 0 Å². The molecule has 3 nitrogen and oxygen atoms in total. The Labute approximate surface area is 169 Å². The highest BCUT2D eigenvalue weighted by Gasteiger charge is 2.69. The third-order valence-corrected chi connectivity index (χ3v) is 9.94. The van der Waals surface area contributed by atoms with Gasteiger partial charge in [0.1, 0.15) is 6.10 Å². The predicted octanol–water partition coefficient (Wildman–Crippen LogP) is 5.45. The molecule has 152 valence electrons. The van der Waals surface area contributed by atoms with Crippen LogP contribution < -0.4 is 0 Å². The number of carbonyl (C=O) groups is 1. The molecule has 0 aromatic rings. The van der Waals surface area contributed by atoms with Crippen molar-refractivity contribution in [3.05, 3.63) is 11.6 Å². The molecular weight excluding hydrogens is 346 g/mol. The molecule has 0 amide bonds. The number of nitriles is 1. The van der Waals surface area contributed by atoms with Crippen molar-refractivity contribution in [2.45, 2.75) is 90.8 Å². The van der Waals surface area contributed by atoms with Crippen molar-refractivity contribution >= 4 is 5.78 Å². The molecule has 5 aliphatic rings. The number of nitrogens with zero attached hydrogens (tertiary/aromatic N) is 1. The van der Waals surface area contributed by atoms with Crippen molar-refractivity contribution in [3.63, 3.8) is 0 Å². The molecule has 3 heteroatoms. The van der Waals surface area contributed by atoms with E-state index in [1.165, 1.54) is 37.7 Å². The lowest BCUT2D eigenvalue weighted by molar-refractivity contribution is -0.117. The van der Waals surface area contributed by atoms with Crippen LogP contribution in [0.4, 0.5) is 0 Å². The Hall–Kier alpha value is -1.14. The van der Waals surface area contributed by atoms with Gasteiger partial charge in [0.05, 0.1) is 12.2 Å². The molecule has 0 bridgehead atoms. The van der Waals surface area contributed by atoms with Crippen LogP contribution in [0.1, 0.15) is 78.6 Å². The Morgan fingerprint density at radius 3 is 2.86 bits per heavy atom. The van der Waals surface area contributed by atoms with Crippen molar-refractivity contribution in [3.8, 4) is 6.07 Å². The van der Waals surface area contributed by atoms with Gasteiger partial charge in [0, 0.05) is 12.8 Å². The van der Waals surface area contributed by atoms with E-state index in [0.717, 1.165) is 37.0 Å². The number of hydrogen-bond donors (Lipinski definition) is 0. The summed E-state index contributed by atoms with van der Waals surface area (Å²) in [6.45, 7) is 7.47. The zero-order chi connectivity index (χ0) is 19.7. The minimum absolute atomic E-state index is 0.189. The first kappa shape index (κ1) is 18.9. The van der Waals surface area contributed by atoms with Crippen LogP contribution in [-0.2, 0) is 9.53 Å². The molecular formula is C25H35NO2. The number of rotatable bonds is 4. The van der Waals surface area contributed by atoms with Crippen LogP contribution in [0.3, 0.4) is 0 Å². The highest BCUT2D eigenvalue weighted by atomic mass is 16.6. The van der Waals surface area contributed by atoms with E-state index >= 15 is 0 Å². The van der Waals surface area contributed by atoms with E-state index in [1.54, 1.807) is 0 Å². The molecule has 4 fully saturated rings. The predicted molar refractivity (Wildman–Crippen MR) is 108 cm³/mol. The van der Waals surface area contributed by atoms with E-state index in [9.17, 15) is 4.79 Å². The minimum Gasteiger partial charge on any atom is -0.365 e. The fourth-order valence-corrected chi connectivity index (χ4v) is 8.49. The van der Waals surface area contributed by atoms with E-state index in [-0.39, 0.29) is 11.5 Å². The third kappa shape index (κ3) is 2.53. The Bertz CT molecular complexity index is 750. The summed E-state index contributed by atoms with van der Waals surface area (Å²) >= 11 is 0. The van der Waals surface area contributed by atoms with Gasteiger partial charge in [-0.2, -0.15) is 5.26 Å². The van der Waals surface area contributed by atoms with Gasteiger partial charge in [-0.15, -0.1) is 0 Å². The van der Waals surface area contributed by atoms with Crippen molar-refractivity contribution in [2.24, 2.45) is 40.4 Å². The van der Waals surface area contributed by atoms with Crippen LogP contribution in [0.2, 0.25) is 0 Å². The van der Waals surface area contributed by atoms with E-state index in [2.05, 4.69) is 26.8 Å². The molecule has 0 aromatic heterocycles. The zero-order valence-electron chi connectivity index (χ0n) is 17.7. The number of hydrogen-bond acceptors (Lipinski definition) is 3. The highest BCUT2D eigenvalue weighted by Crippen LogP contribution is 2.70. The fraction of sp³-hybridized carbons (Fsp3) is 0.840. The number of unbranched alkanes of at least 4 members (excludes halogenated alkanes) is 1. The Balaban J connectivity index is 1.40. The second kappa shape index (κ2) is 6.43. The summed E-state index contributed by atoms with van der Waals surface area (Å²) in [6.07, 6.45) is 12.6. The Kier molecular flexibility index (Phi) is 4.33. The lowest BCUT2D eigenvalue weighted by Gasteiger charge is -2.57. The minimum atomic E-state index is 0.189. The fourth-order valence-electron chi connectivity index (χ4n) is 8.49. The van der Waals surface area contributed by atoms with Gasteiger partial charge in [0.25, 0.3) is 0 Å². The third-order valence-electron chi connectivity index (χ3n) is 9.94. The summed E-state index contributed by atoms with van der Waals surface area (Å²) in [6, 6.07) is 2.32. The zero-order valence-corrected chi connectivity index (χ0v) is 17.7. The summed E-state index contributed by atoms with van der Waals surface area (Å²) in [5, 5.41) is 8.89. The van der Waals surface area contributed by atoms with E-state index < -0.39 is 0 Å². The molecule has 0 radical (unpaired) electrons. The van der Waals surface area contributed by atoms with E-state index in [0.29, 0.717) is 35.6 Å². The van der Waals surface area contributed by atoms with Gasteiger partial charge in [-0.25, -0.2) is 0 Å². The first-order valence-electron chi connectivity index (χ1n) is 11.7. The first-order valence-corrected chi connectivity index (χ1v) is 11.7. The molecule has 0 unspecified atom stereocenters. The van der Waals surface area contributed by atoms with Crippen molar-refractivity contribution in [2.75, 3.05) is 0 Å². The molecule has 0 N–H and O–H groups in total. The number of ether oxygens (including phenoxy) is 1. The largest absolute Gasteiger partial charge is 0.365 e. The van der Waals surface area contributed by atoms with Gasteiger partial charge in [-0.3, -0.25) is 4.79 Å².